The summed E-state index contributed by atoms with van der Waals surface area (Å²) >= 11 is 0. The molecule has 0 heterocycles. The van der Waals surface area contributed by atoms with E-state index in [1.54, 1.807) is 6.08 Å². The van der Waals surface area contributed by atoms with Crippen LogP contribution in [0, 0.1) is 5.92 Å². The van der Waals surface area contributed by atoms with E-state index in [0.29, 0.717) is 0 Å². The molecule has 33 heavy (non-hydrogen) atoms. The van der Waals surface area contributed by atoms with E-state index in [9.17, 15) is 19.8 Å². The van der Waals surface area contributed by atoms with Crippen molar-refractivity contribution in [2.75, 3.05) is 0 Å². The van der Waals surface area contributed by atoms with Gasteiger partial charge in [0.25, 0.3) is 0 Å². The van der Waals surface area contributed by atoms with Gasteiger partial charge in [0, 0.05) is 17.9 Å². The Bertz CT molecular complexity index is 455. The molecule has 0 fully saturated rings. The van der Waals surface area contributed by atoms with E-state index in [1.165, 1.54) is 103 Å². The summed E-state index contributed by atoms with van der Waals surface area (Å²) in [6, 6.07) is 0. The molecule has 0 spiro atoms. The predicted octanol–water partition coefficient (Wildman–Crippen LogP) is -0.121. The largest absolute Gasteiger partial charge is 1.00 e. The fourth-order valence-corrected chi connectivity index (χ4v) is 3.99. The Morgan fingerprint density at radius 1 is 0.636 bits per heavy atom. The number of hydrogen-bond acceptors (Lipinski definition) is 4. The molecule has 6 heteroatoms. The molecule has 4 nitrogen and oxygen atoms in total. The number of hydrogen-bond donors (Lipinski definition) is 0. The number of carboxylic acids is 2. The topological polar surface area (TPSA) is 80.3 Å². The number of aliphatic carboxylic acids is 2. The first kappa shape index (κ1) is 37.4. The molecule has 0 rings (SSSR count). The molecule has 0 aliphatic rings. The van der Waals surface area contributed by atoms with Crippen molar-refractivity contribution >= 4 is 11.9 Å². The number of carbonyl (C=O) groups excluding carboxylic acids is 2. The number of carbonyl (C=O) groups is 2. The van der Waals surface area contributed by atoms with Crippen LogP contribution in [0.1, 0.15) is 142 Å². The van der Waals surface area contributed by atoms with Gasteiger partial charge in [-0.3, -0.25) is 0 Å². The van der Waals surface area contributed by atoms with Crippen LogP contribution in [0.4, 0.5) is 0 Å². The fourth-order valence-electron chi connectivity index (χ4n) is 3.99. The molecule has 0 aromatic heterocycles. The summed E-state index contributed by atoms with van der Waals surface area (Å²) in [5.41, 5.74) is 0. The van der Waals surface area contributed by atoms with Crippen molar-refractivity contribution in [3.63, 3.8) is 0 Å². The zero-order valence-corrected chi connectivity index (χ0v) is 22.2. The number of rotatable bonds is 24. The van der Waals surface area contributed by atoms with Gasteiger partial charge in [-0.25, -0.2) is 0 Å². The van der Waals surface area contributed by atoms with Gasteiger partial charge in [-0.1, -0.05) is 128 Å². The summed E-state index contributed by atoms with van der Waals surface area (Å²) < 4.78 is 0. The summed E-state index contributed by atoms with van der Waals surface area (Å²) in [6.07, 6.45) is 28.3. The maximum atomic E-state index is 11.0. The third-order valence-electron chi connectivity index (χ3n) is 6.05. The van der Waals surface area contributed by atoms with Gasteiger partial charge in [0.15, 0.2) is 0 Å². The van der Waals surface area contributed by atoms with Crippen LogP contribution in [-0.2, 0) is 9.59 Å². The van der Waals surface area contributed by atoms with Crippen LogP contribution < -0.4 is 47.9 Å². The molecule has 0 aromatic rings. The smallest absolute Gasteiger partial charge is 0.550 e. The first-order valence-electron chi connectivity index (χ1n) is 13.1. The summed E-state index contributed by atoms with van der Waals surface area (Å²) in [5.74, 6) is -3.26. The second kappa shape index (κ2) is 29.9. The van der Waals surface area contributed by atoms with Crippen LogP contribution in [0.15, 0.2) is 12.2 Å². The van der Waals surface area contributed by atoms with E-state index >= 15 is 0 Å². The van der Waals surface area contributed by atoms with Gasteiger partial charge in [-0.2, -0.15) is 0 Å². The first-order valence-corrected chi connectivity index (χ1v) is 13.1. The zero-order chi connectivity index (χ0) is 23.0. The van der Waals surface area contributed by atoms with E-state index in [0.717, 1.165) is 19.3 Å². The minimum atomic E-state index is -1.22. The van der Waals surface area contributed by atoms with Crippen LogP contribution in [-0.4, -0.2) is 11.9 Å². The predicted molar refractivity (Wildman–Crippen MR) is 125 cm³/mol. The van der Waals surface area contributed by atoms with Crippen molar-refractivity contribution in [2.45, 2.75) is 142 Å². The molecule has 0 saturated carbocycles. The molecule has 0 bridgehead atoms. The maximum Gasteiger partial charge on any atom is 1.00 e. The molecule has 0 radical (unpaired) electrons. The molecule has 0 amide bonds. The van der Waals surface area contributed by atoms with Crippen LogP contribution in [0.2, 0.25) is 0 Å². The Morgan fingerprint density at radius 3 is 1.33 bits per heavy atom. The molecule has 0 N–H and O–H groups in total. The number of carboxylic acid groups (broad SMARTS) is 2. The fraction of sp³-hybridized carbons (Fsp3) is 0.852. The van der Waals surface area contributed by atoms with Crippen molar-refractivity contribution in [1.29, 1.82) is 0 Å². The standard InChI is InChI=1S/C27H50O4.2Li/c1-2-3-4-5-6-7-8-9-10-11-12-13-14-15-16-17-18-19-20-21-22-25(27(30)31)23-24-26(28)29;;/h21-22,25H,2-20,23-24H2,1H3,(H,28,29)(H,30,31);;/q;2*+1/p-2. The third-order valence-corrected chi connectivity index (χ3v) is 6.05. The molecule has 0 saturated heterocycles. The Labute approximate surface area is 228 Å². The molecule has 0 aliphatic carbocycles. The molecular formula is C27H48Li2O4. The first-order chi connectivity index (χ1) is 15.1. The zero-order valence-electron chi connectivity index (χ0n) is 22.2. The van der Waals surface area contributed by atoms with Gasteiger partial charge >= 0.3 is 37.7 Å². The van der Waals surface area contributed by atoms with Crippen molar-refractivity contribution in [3.8, 4) is 0 Å². The summed E-state index contributed by atoms with van der Waals surface area (Å²) in [6.45, 7) is 2.27. The van der Waals surface area contributed by atoms with E-state index < -0.39 is 17.9 Å². The summed E-state index contributed by atoms with van der Waals surface area (Å²) in [5, 5.41) is 21.4. The van der Waals surface area contributed by atoms with Crippen molar-refractivity contribution in [1.82, 2.24) is 0 Å². The van der Waals surface area contributed by atoms with Gasteiger partial charge in [0.1, 0.15) is 0 Å². The summed E-state index contributed by atoms with van der Waals surface area (Å²) in [4.78, 5) is 21.4. The van der Waals surface area contributed by atoms with Gasteiger partial charge in [-0.05, 0) is 25.7 Å². The molecule has 0 aromatic carbocycles. The van der Waals surface area contributed by atoms with Crippen LogP contribution in [0.5, 0.6) is 0 Å². The third kappa shape index (κ3) is 29.8. The van der Waals surface area contributed by atoms with Crippen LogP contribution >= 0.6 is 0 Å². The maximum absolute atomic E-state index is 11.0. The van der Waals surface area contributed by atoms with Gasteiger partial charge in [0.05, 0.1) is 0 Å². The van der Waals surface area contributed by atoms with Crippen LogP contribution in [0.3, 0.4) is 0 Å². The second-order valence-corrected chi connectivity index (χ2v) is 9.06. The Morgan fingerprint density at radius 2 is 1.00 bits per heavy atom. The molecular weight excluding hydrogens is 402 g/mol. The van der Waals surface area contributed by atoms with Gasteiger partial charge < -0.3 is 19.8 Å². The number of unbranched alkanes of at least 4 members (excludes halogenated alkanes) is 18. The molecule has 0 aliphatic heterocycles. The molecule has 1 atom stereocenters. The van der Waals surface area contributed by atoms with E-state index in [4.69, 9.17) is 0 Å². The van der Waals surface area contributed by atoms with Crippen LogP contribution in [0.25, 0.3) is 0 Å². The SMILES string of the molecule is CCCCCCCCCCCCCCCCCCCCC=CC(CCC(=O)[O-])C(=O)[O-].[Li+].[Li+]. The van der Waals surface area contributed by atoms with E-state index in [1.807, 2.05) is 6.08 Å². The van der Waals surface area contributed by atoms with Gasteiger partial charge in [-0.15, -0.1) is 0 Å². The quantitative estimate of drug-likeness (QED) is 0.117. The second-order valence-electron chi connectivity index (χ2n) is 9.06. The number of allylic oxidation sites excluding steroid dienone is 1. The monoisotopic (exact) mass is 450 g/mol. The summed E-state index contributed by atoms with van der Waals surface area (Å²) in [7, 11) is 0. The minimum Gasteiger partial charge on any atom is -0.550 e. The minimum absolute atomic E-state index is 0. The normalized spacial score (nSPS) is 11.7. The Balaban J connectivity index is -0.00000450. The Kier molecular flexibility index (Phi) is 33.9. The average Bonchev–Trinajstić information content (AvgIpc) is 2.73. The van der Waals surface area contributed by atoms with Crippen molar-refractivity contribution in [3.05, 3.63) is 12.2 Å². The van der Waals surface area contributed by atoms with Gasteiger partial charge in [0.2, 0.25) is 0 Å². The molecule has 1 unspecified atom stereocenters. The van der Waals surface area contributed by atoms with Crippen molar-refractivity contribution in [2.24, 2.45) is 5.92 Å². The molecule has 182 valence electrons. The average molecular weight is 451 g/mol. The van der Waals surface area contributed by atoms with E-state index in [2.05, 4.69) is 6.92 Å². The Hall–Kier alpha value is -0.125. The van der Waals surface area contributed by atoms with E-state index in [-0.39, 0.29) is 50.6 Å². The van der Waals surface area contributed by atoms with Crippen molar-refractivity contribution < 1.29 is 57.5 Å².